The third kappa shape index (κ3) is 1.85. The van der Waals surface area contributed by atoms with Gasteiger partial charge in [0.1, 0.15) is 11.4 Å². The van der Waals surface area contributed by atoms with Gasteiger partial charge in [-0.3, -0.25) is 0 Å². The first-order valence-corrected chi connectivity index (χ1v) is 6.60. The lowest BCUT2D eigenvalue weighted by Crippen LogP contribution is -2.27. The number of carboxylic acids is 1. The van der Waals surface area contributed by atoms with Gasteiger partial charge in [-0.05, 0) is 49.7 Å². The Hall–Kier alpha value is -1.58. The zero-order chi connectivity index (χ0) is 12.7. The standard InChI is InChI=1S/C14H18N2O2/c1-8-4-5-15-13(12(8)14(17)18)16-11-7-9-2-3-10(11)6-9/h4-5,9-11H,2-3,6-7H2,1H3,(H,15,16)(H,17,18). The van der Waals surface area contributed by atoms with Crippen molar-refractivity contribution in [3.8, 4) is 0 Å². The van der Waals surface area contributed by atoms with Gasteiger partial charge in [0.05, 0.1) is 0 Å². The van der Waals surface area contributed by atoms with Crippen LogP contribution in [-0.4, -0.2) is 22.1 Å². The number of nitrogens with zero attached hydrogens (tertiary/aromatic N) is 1. The fraction of sp³-hybridized carbons (Fsp3) is 0.571. The van der Waals surface area contributed by atoms with Gasteiger partial charge in [-0.1, -0.05) is 6.42 Å². The lowest BCUT2D eigenvalue weighted by molar-refractivity contribution is 0.0696. The van der Waals surface area contributed by atoms with E-state index < -0.39 is 5.97 Å². The summed E-state index contributed by atoms with van der Waals surface area (Å²) in [5, 5.41) is 12.6. The number of rotatable bonds is 3. The molecule has 1 heterocycles. The third-order valence-electron chi connectivity index (χ3n) is 4.43. The van der Waals surface area contributed by atoms with Crippen molar-refractivity contribution in [1.29, 1.82) is 0 Å². The van der Waals surface area contributed by atoms with E-state index in [0.717, 1.165) is 11.5 Å². The monoisotopic (exact) mass is 246 g/mol. The molecule has 96 valence electrons. The van der Waals surface area contributed by atoms with Gasteiger partial charge in [0.25, 0.3) is 0 Å². The van der Waals surface area contributed by atoms with Crippen molar-refractivity contribution in [2.75, 3.05) is 5.32 Å². The lowest BCUT2D eigenvalue weighted by atomic mass is 9.95. The van der Waals surface area contributed by atoms with Gasteiger partial charge in [-0.25, -0.2) is 9.78 Å². The molecule has 0 radical (unpaired) electrons. The number of aromatic nitrogens is 1. The molecule has 18 heavy (non-hydrogen) atoms. The molecule has 2 aliphatic rings. The topological polar surface area (TPSA) is 62.2 Å². The molecule has 4 heteroatoms. The molecule has 0 spiro atoms. The van der Waals surface area contributed by atoms with Crippen LogP contribution in [0.1, 0.15) is 41.6 Å². The number of carbonyl (C=O) groups is 1. The molecule has 0 aliphatic heterocycles. The second-order valence-corrected chi connectivity index (χ2v) is 5.58. The van der Waals surface area contributed by atoms with Crippen LogP contribution in [0.5, 0.6) is 0 Å². The van der Waals surface area contributed by atoms with E-state index in [-0.39, 0.29) is 0 Å². The van der Waals surface area contributed by atoms with Gasteiger partial charge in [-0.2, -0.15) is 0 Å². The molecule has 2 saturated carbocycles. The minimum atomic E-state index is -0.897. The van der Waals surface area contributed by atoms with Crippen molar-refractivity contribution in [1.82, 2.24) is 4.98 Å². The molecule has 0 saturated heterocycles. The van der Waals surface area contributed by atoms with Crippen LogP contribution in [-0.2, 0) is 0 Å². The average Bonchev–Trinajstić information content (AvgIpc) is 2.90. The molecular weight excluding hydrogens is 228 g/mol. The Morgan fingerprint density at radius 1 is 1.44 bits per heavy atom. The van der Waals surface area contributed by atoms with Gasteiger partial charge < -0.3 is 10.4 Å². The van der Waals surface area contributed by atoms with Crippen LogP contribution in [0.2, 0.25) is 0 Å². The SMILES string of the molecule is Cc1ccnc(NC2CC3CCC2C3)c1C(=O)O. The predicted octanol–water partition coefficient (Wildman–Crippen LogP) is 2.69. The quantitative estimate of drug-likeness (QED) is 0.860. The number of anilines is 1. The molecule has 2 bridgehead atoms. The number of fused-ring (bicyclic) bond motifs is 2. The third-order valence-corrected chi connectivity index (χ3v) is 4.43. The Balaban J connectivity index is 1.84. The first kappa shape index (κ1) is 11.5. The van der Waals surface area contributed by atoms with Crippen molar-refractivity contribution >= 4 is 11.8 Å². The van der Waals surface area contributed by atoms with E-state index >= 15 is 0 Å². The fourth-order valence-electron chi connectivity index (χ4n) is 3.53. The fourth-order valence-corrected chi connectivity index (χ4v) is 3.53. The summed E-state index contributed by atoms with van der Waals surface area (Å²) in [7, 11) is 0. The highest BCUT2D eigenvalue weighted by molar-refractivity contribution is 5.94. The van der Waals surface area contributed by atoms with Crippen LogP contribution >= 0.6 is 0 Å². The number of hydrogen-bond donors (Lipinski definition) is 2. The number of nitrogens with one attached hydrogen (secondary N) is 1. The normalized spacial score (nSPS) is 29.5. The molecule has 2 N–H and O–H groups in total. The van der Waals surface area contributed by atoms with E-state index in [2.05, 4.69) is 10.3 Å². The van der Waals surface area contributed by atoms with Gasteiger partial charge in [0.15, 0.2) is 0 Å². The molecule has 2 fully saturated rings. The van der Waals surface area contributed by atoms with Gasteiger partial charge in [0.2, 0.25) is 0 Å². The second-order valence-electron chi connectivity index (χ2n) is 5.58. The van der Waals surface area contributed by atoms with Crippen molar-refractivity contribution < 1.29 is 9.90 Å². The van der Waals surface area contributed by atoms with E-state index in [1.54, 1.807) is 12.3 Å². The van der Waals surface area contributed by atoms with Crippen molar-refractivity contribution in [2.24, 2.45) is 11.8 Å². The van der Waals surface area contributed by atoms with E-state index in [0.29, 0.717) is 23.3 Å². The van der Waals surface area contributed by atoms with Crippen LogP contribution in [0.3, 0.4) is 0 Å². The molecule has 0 aromatic carbocycles. The van der Waals surface area contributed by atoms with Crippen molar-refractivity contribution in [3.63, 3.8) is 0 Å². The minimum absolute atomic E-state index is 0.320. The maximum Gasteiger partial charge on any atom is 0.339 e. The van der Waals surface area contributed by atoms with E-state index in [1.165, 1.54) is 25.7 Å². The molecule has 1 aromatic heterocycles. The largest absolute Gasteiger partial charge is 0.478 e. The Kier molecular flexibility index (Phi) is 2.73. The van der Waals surface area contributed by atoms with Gasteiger partial charge >= 0.3 is 5.97 Å². The highest BCUT2D eigenvalue weighted by atomic mass is 16.4. The Morgan fingerprint density at radius 2 is 2.28 bits per heavy atom. The summed E-state index contributed by atoms with van der Waals surface area (Å²) in [4.78, 5) is 15.5. The van der Waals surface area contributed by atoms with Crippen LogP contribution in [0.4, 0.5) is 5.82 Å². The molecule has 3 rings (SSSR count). The Morgan fingerprint density at radius 3 is 2.89 bits per heavy atom. The second kappa shape index (κ2) is 4.26. The zero-order valence-electron chi connectivity index (χ0n) is 10.5. The molecule has 4 nitrogen and oxygen atoms in total. The molecule has 1 aromatic rings. The summed E-state index contributed by atoms with van der Waals surface area (Å²) in [5.74, 6) is 1.19. The first-order chi connectivity index (χ1) is 8.65. The number of pyridine rings is 1. The summed E-state index contributed by atoms with van der Waals surface area (Å²) >= 11 is 0. The number of aromatic carboxylic acids is 1. The van der Waals surface area contributed by atoms with Gasteiger partial charge in [-0.15, -0.1) is 0 Å². The molecule has 3 atom stereocenters. The molecule has 3 unspecified atom stereocenters. The van der Waals surface area contributed by atoms with E-state index in [1.807, 2.05) is 6.92 Å². The molecule has 0 amide bonds. The smallest absolute Gasteiger partial charge is 0.339 e. The van der Waals surface area contributed by atoms with E-state index in [9.17, 15) is 9.90 Å². The summed E-state index contributed by atoms with van der Waals surface area (Å²) in [6.07, 6.45) is 6.76. The molecular formula is C14H18N2O2. The van der Waals surface area contributed by atoms with Crippen LogP contribution in [0, 0.1) is 18.8 Å². The zero-order valence-corrected chi connectivity index (χ0v) is 10.5. The average molecular weight is 246 g/mol. The lowest BCUT2D eigenvalue weighted by Gasteiger charge is -2.24. The number of hydrogen-bond acceptors (Lipinski definition) is 3. The molecule has 2 aliphatic carbocycles. The summed E-state index contributed by atoms with van der Waals surface area (Å²) in [6.45, 7) is 1.82. The maximum absolute atomic E-state index is 11.3. The highest BCUT2D eigenvalue weighted by Gasteiger charge is 2.39. The Bertz CT molecular complexity index is 487. The van der Waals surface area contributed by atoms with Gasteiger partial charge in [0, 0.05) is 12.2 Å². The summed E-state index contributed by atoms with van der Waals surface area (Å²) in [5.41, 5.74) is 1.09. The summed E-state index contributed by atoms with van der Waals surface area (Å²) in [6, 6.07) is 2.16. The predicted molar refractivity (Wildman–Crippen MR) is 68.8 cm³/mol. The first-order valence-electron chi connectivity index (χ1n) is 6.60. The van der Waals surface area contributed by atoms with Crippen molar-refractivity contribution in [2.45, 2.75) is 38.6 Å². The van der Waals surface area contributed by atoms with Crippen LogP contribution < -0.4 is 5.32 Å². The van der Waals surface area contributed by atoms with Crippen LogP contribution in [0.25, 0.3) is 0 Å². The number of carboxylic acid groups (broad SMARTS) is 1. The van der Waals surface area contributed by atoms with E-state index in [4.69, 9.17) is 0 Å². The Labute approximate surface area is 106 Å². The maximum atomic E-state index is 11.3. The minimum Gasteiger partial charge on any atom is -0.478 e. The summed E-state index contributed by atoms with van der Waals surface area (Å²) < 4.78 is 0. The number of aryl methyl sites for hydroxylation is 1. The highest BCUT2D eigenvalue weighted by Crippen LogP contribution is 2.45. The van der Waals surface area contributed by atoms with Crippen molar-refractivity contribution in [3.05, 3.63) is 23.4 Å². The van der Waals surface area contributed by atoms with Crippen LogP contribution in [0.15, 0.2) is 12.3 Å².